The zero-order valence-corrected chi connectivity index (χ0v) is 9.57. The number of rotatable bonds is 1. The monoisotopic (exact) mass is 219 g/mol. The van der Waals surface area contributed by atoms with Crippen molar-refractivity contribution in [1.29, 1.82) is 0 Å². The molecule has 2 aliphatic heterocycles. The number of likely N-dealkylation sites (tertiary alicyclic amines) is 2. The minimum absolute atomic E-state index is 0.168. The first-order chi connectivity index (χ1) is 7.69. The van der Waals surface area contributed by atoms with Crippen LogP contribution in [0.5, 0.6) is 0 Å². The predicted molar refractivity (Wildman–Crippen MR) is 61.2 cm³/mol. The molecule has 1 amide bonds. The number of carbonyl (C=O) groups excluding carboxylic acids is 1. The minimum atomic E-state index is 0.168. The van der Waals surface area contributed by atoms with E-state index in [1.54, 1.807) is 12.4 Å². The van der Waals surface area contributed by atoms with Crippen molar-refractivity contribution in [3.63, 3.8) is 0 Å². The van der Waals surface area contributed by atoms with Gasteiger partial charge in [0.15, 0.2) is 0 Å². The van der Waals surface area contributed by atoms with Crippen LogP contribution in [0, 0.1) is 5.41 Å². The molecule has 2 fully saturated rings. The van der Waals surface area contributed by atoms with E-state index >= 15 is 0 Å². The summed E-state index contributed by atoms with van der Waals surface area (Å²) in [6, 6.07) is 1.84. The maximum absolute atomic E-state index is 12.0. The number of carbonyl (C=O) groups is 1. The van der Waals surface area contributed by atoms with Crippen LogP contribution in [0.3, 0.4) is 0 Å². The third-order valence-electron chi connectivity index (χ3n) is 3.81. The van der Waals surface area contributed by atoms with Crippen molar-refractivity contribution in [2.45, 2.75) is 6.42 Å². The Morgan fingerprint density at radius 1 is 1.44 bits per heavy atom. The van der Waals surface area contributed by atoms with Crippen LogP contribution in [0.15, 0.2) is 18.5 Å². The molecule has 0 unspecified atom stereocenters. The largest absolute Gasteiger partial charge is 0.367 e. The third kappa shape index (κ3) is 1.45. The average molecular weight is 219 g/mol. The standard InChI is InChI=1S/C12H17N3O/c1-14-5-3-12(7-14)8-15(9-12)11(16)10-2-4-13-6-10/h2,4,6,13H,3,5,7-9H2,1H3. The average Bonchev–Trinajstić information content (AvgIpc) is 2.82. The fourth-order valence-electron chi connectivity index (χ4n) is 2.96. The maximum atomic E-state index is 12.0. The van der Waals surface area contributed by atoms with Crippen LogP contribution in [0.2, 0.25) is 0 Å². The normalized spacial score (nSPS) is 23.7. The van der Waals surface area contributed by atoms with Gasteiger partial charge >= 0.3 is 0 Å². The van der Waals surface area contributed by atoms with E-state index in [1.807, 2.05) is 11.0 Å². The summed E-state index contributed by atoms with van der Waals surface area (Å²) in [4.78, 5) is 19.2. The van der Waals surface area contributed by atoms with Gasteiger partial charge in [0.1, 0.15) is 0 Å². The number of aromatic nitrogens is 1. The first kappa shape index (κ1) is 9.90. The third-order valence-corrected chi connectivity index (χ3v) is 3.81. The van der Waals surface area contributed by atoms with Crippen LogP contribution in [-0.2, 0) is 0 Å². The van der Waals surface area contributed by atoms with Gasteiger partial charge in [0, 0.05) is 37.4 Å². The van der Waals surface area contributed by atoms with Crippen LogP contribution in [0.1, 0.15) is 16.8 Å². The van der Waals surface area contributed by atoms with Gasteiger partial charge in [-0.1, -0.05) is 0 Å². The van der Waals surface area contributed by atoms with Crippen molar-refractivity contribution in [2.75, 3.05) is 33.2 Å². The number of nitrogens with zero attached hydrogens (tertiary/aromatic N) is 2. The molecule has 3 heterocycles. The molecule has 16 heavy (non-hydrogen) atoms. The van der Waals surface area contributed by atoms with Crippen molar-refractivity contribution < 1.29 is 4.79 Å². The quantitative estimate of drug-likeness (QED) is 0.758. The van der Waals surface area contributed by atoms with Gasteiger partial charge in [-0.05, 0) is 26.1 Å². The highest BCUT2D eigenvalue weighted by atomic mass is 16.2. The number of H-pyrrole nitrogens is 1. The second-order valence-corrected chi connectivity index (χ2v) is 5.25. The first-order valence-electron chi connectivity index (χ1n) is 5.79. The van der Waals surface area contributed by atoms with Gasteiger partial charge in [0.2, 0.25) is 0 Å². The number of nitrogens with one attached hydrogen (secondary N) is 1. The van der Waals surface area contributed by atoms with Crippen LogP contribution < -0.4 is 0 Å². The van der Waals surface area contributed by atoms with Gasteiger partial charge in [-0.2, -0.15) is 0 Å². The van der Waals surface area contributed by atoms with Gasteiger partial charge in [0.05, 0.1) is 5.56 Å². The van der Waals surface area contributed by atoms with Crippen molar-refractivity contribution in [3.05, 3.63) is 24.0 Å². The minimum Gasteiger partial charge on any atom is -0.367 e. The SMILES string of the molecule is CN1CCC2(C1)CN(C(=O)c1cc[nH]c1)C2. The summed E-state index contributed by atoms with van der Waals surface area (Å²) in [5.41, 5.74) is 1.18. The summed E-state index contributed by atoms with van der Waals surface area (Å²) in [5, 5.41) is 0. The Bertz CT molecular complexity index is 392. The van der Waals surface area contributed by atoms with Crippen LogP contribution in [0.4, 0.5) is 0 Å². The van der Waals surface area contributed by atoms with Gasteiger partial charge in [-0.3, -0.25) is 4.79 Å². The molecule has 1 N–H and O–H groups in total. The molecule has 0 saturated carbocycles. The Labute approximate surface area is 95.2 Å². The predicted octanol–water partition coefficient (Wildman–Crippen LogP) is 0.792. The van der Waals surface area contributed by atoms with Crippen LogP contribution in [-0.4, -0.2) is 53.9 Å². The number of aromatic amines is 1. The Morgan fingerprint density at radius 2 is 2.25 bits per heavy atom. The number of amides is 1. The molecule has 0 atom stereocenters. The zero-order chi connectivity index (χ0) is 11.2. The van der Waals surface area contributed by atoms with Crippen molar-refractivity contribution in [2.24, 2.45) is 5.41 Å². The lowest BCUT2D eigenvalue weighted by Gasteiger charge is -2.48. The van der Waals surface area contributed by atoms with Gasteiger partial charge < -0.3 is 14.8 Å². The van der Waals surface area contributed by atoms with Gasteiger partial charge in [0.25, 0.3) is 5.91 Å². The summed E-state index contributed by atoms with van der Waals surface area (Å²) >= 11 is 0. The van der Waals surface area contributed by atoms with Gasteiger partial charge in [-0.25, -0.2) is 0 Å². The molecule has 0 aliphatic carbocycles. The van der Waals surface area contributed by atoms with E-state index in [9.17, 15) is 4.79 Å². The maximum Gasteiger partial charge on any atom is 0.255 e. The molecule has 0 radical (unpaired) electrons. The summed E-state index contributed by atoms with van der Waals surface area (Å²) in [6.45, 7) is 4.18. The molecule has 2 saturated heterocycles. The molecule has 0 bridgehead atoms. The molecule has 3 rings (SSSR count). The lowest BCUT2D eigenvalue weighted by Crippen LogP contribution is -2.59. The van der Waals surface area contributed by atoms with E-state index < -0.39 is 0 Å². The molecule has 1 aromatic heterocycles. The summed E-state index contributed by atoms with van der Waals surface area (Å²) in [6.07, 6.45) is 4.81. The van der Waals surface area contributed by atoms with Crippen LogP contribution >= 0.6 is 0 Å². The second-order valence-electron chi connectivity index (χ2n) is 5.25. The van der Waals surface area contributed by atoms with Crippen molar-refractivity contribution in [3.8, 4) is 0 Å². The Hall–Kier alpha value is -1.29. The van der Waals surface area contributed by atoms with Crippen molar-refractivity contribution in [1.82, 2.24) is 14.8 Å². The Balaban J connectivity index is 1.63. The molecule has 2 aliphatic rings. The molecule has 86 valence electrons. The first-order valence-corrected chi connectivity index (χ1v) is 5.79. The fraction of sp³-hybridized carbons (Fsp3) is 0.583. The molecule has 4 nitrogen and oxygen atoms in total. The van der Waals surface area contributed by atoms with E-state index in [-0.39, 0.29) is 5.91 Å². The van der Waals surface area contributed by atoms with E-state index in [0.29, 0.717) is 5.41 Å². The topological polar surface area (TPSA) is 39.3 Å². The Kier molecular flexibility index (Phi) is 2.07. The smallest absolute Gasteiger partial charge is 0.255 e. The van der Waals surface area contributed by atoms with E-state index in [0.717, 1.165) is 25.2 Å². The number of hydrogen-bond acceptors (Lipinski definition) is 2. The zero-order valence-electron chi connectivity index (χ0n) is 9.57. The van der Waals surface area contributed by atoms with E-state index in [2.05, 4.69) is 16.9 Å². The lowest BCUT2D eigenvalue weighted by molar-refractivity contribution is 0.0118. The van der Waals surface area contributed by atoms with Crippen LogP contribution in [0.25, 0.3) is 0 Å². The Morgan fingerprint density at radius 3 is 2.81 bits per heavy atom. The van der Waals surface area contributed by atoms with Gasteiger partial charge in [-0.15, -0.1) is 0 Å². The molecule has 0 aromatic carbocycles. The number of hydrogen-bond donors (Lipinski definition) is 1. The molecular weight excluding hydrogens is 202 g/mol. The fourth-order valence-corrected chi connectivity index (χ4v) is 2.96. The lowest BCUT2D eigenvalue weighted by atomic mass is 9.79. The summed E-state index contributed by atoms with van der Waals surface area (Å²) in [5.74, 6) is 0.168. The second kappa shape index (κ2) is 3.35. The molecule has 1 aromatic rings. The summed E-state index contributed by atoms with van der Waals surface area (Å²) < 4.78 is 0. The van der Waals surface area contributed by atoms with Crippen molar-refractivity contribution >= 4 is 5.91 Å². The highest BCUT2D eigenvalue weighted by molar-refractivity contribution is 5.94. The molecule has 1 spiro atoms. The molecule has 4 heteroatoms. The summed E-state index contributed by atoms with van der Waals surface area (Å²) in [7, 11) is 2.16. The van der Waals surface area contributed by atoms with E-state index in [1.165, 1.54) is 13.0 Å². The molecular formula is C12H17N3O. The van der Waals surface area contributed by atoms with E-state index in [4.69, 9.17) is 0 Å². The highest BCUT2D eigenvalue weighted by Gasteiger charge is 2.48. The highest BCUT2D eigenvalue weighted by Crippen LogP contribution is 2.39.